The topological polar surface area (TPSA) is 94.1 Å². The number of nitrogens with zero attached hydrogens (tertiary/aromatic N) is 1. The lowest BCUT2D eigenvalue weighted by molar-refractivity contribution is -0.0592. The summed E-state index contributed by atoms with van der Waals surface area (Å²) < 4.78 is 34.1. The van der Waals surface area contributed by atoms with Gasteiger partial charge in [0.1, 0.15) is 11.6 Å². The van der Waals surface area contributed by atoms with Crippen LogP contribution in [0.5, 0.6) is 0 Å². The quantitative estimate of drug-likeness (QED) is 0.311. The summed E-state index contributed by atoms with van der Waals surface area (Å²) >= 11 is 0. The number of benzene rings is 1. The average molecular weight is 526 g/mol. The van der Waals surface area contributed by atoms with Crippen molar-refractivity contribution in [3.63, 3.8) is 0 Å². The van der Waals surface area contributed by atoms with E-state index in [0.717, 1.165) is 43.9 Å². The molecule has 1 saturated carbocycles. The highest BCUT2D eigenvalue weighted by Crippen LogP contribution is 2.41. The van der Waals surface area contributed by atoms with Crippen molar-refractivity contribution in [1.29, 1.82) is 0 Å². The fourth-order valence-electron chi connectivity index (χ4n) is 6.11. The van der Waals surface area contributed by atoms with E-state index < -0.39 is 35.3 Å². The number of urea groups is 1. The smallest absolute Gasteiger partial charge is 0.317 e. The fourth-order valence-corrected chi connectivity index (χ4v) is 6.11. The molecule has 1 saturated heterocycles. The molecule has 2 aliphatic rings. The number of likely N-dealkylation sites (N-methyl/N-ethyl adjacent to an activating group) is 1. The van der Waals surface area contributed by atoms with Crippen molar-refractivity contribution < 1.29 is 28.5 Å². The van der Waals surface area contributed by atoms with Gasteiger partial charge >= 0.3 is 6.03 Å². The SMILES string of the molecule is CNC[C@@H](NC(=O)N1CCC[C@@H]([C@@](O)(CCCCOC)c2cc(F)ccc2F)C1)[C@@H](O)C1CCCCC1. The van der Waals surface area contributed by atoms with Gasteiger partial charge in [-0.25, -0.2) is 13.6 Å². The number of carbonyl (C=O) groups excluding carboxylic acids is 1. The number of methoxy groups -OCH3 is 1. The summed E-state index contributed by atoms with van der Waals surface area (Å²) in [6.07, 6.45) is 7.35. The second-order valence-electron chi connectivity index (χ2n) is 10.8. The van der Waals surface area contributed by atoms with Crippen LogP contribution in [0.25, 0.3) is 0 Å². The number of aliphatic hydroxyl groups is 2. The summed E-state index contributed by atoms with van der Waals surface area (Å²) in [6.45, 7) is 1.67. The van der Waals surface area contributed by atoms with Crippen LogP contribution < -0.4 is 10.6 Å². The first-order valence-corrected chi connectivity index (χ1v) is 13.8. The monoisotopic (exact) mass is 525 g/mol. The standard InChI is InChI=1S/C28H45F2N3O4/c1-31-18-25(26(34)20-9-4-3-5-10-20)32-27(35)33-15-8-11-21(19-33)28(36,14-6-7-16-37-2)23-17-22(29)12-13-24(23)30/h12-13,17,20-21,25-26,31,34,36H,3-11,14-16,18-19H2,1-2H3,(H,32,35)/t21-,25-,26+,28+/m1/s1. The van der Waals surface area contributed by atoms with Gasteiger partial charge in [-0.05, 0) is 76.1 Å². The van der Waals surface area contributed by atoms with Gasteiger partial charge in [-0.15, -0.1) is 0 Å². The number of unbranched alkanes of at least 4 members (excludes halogenated alkanes) is 1. The van der Waals surface area contributed by atoms with Crippen LogP contribution in [-0.2, 0) is 10.3 Å². The van der Waals surface area contributed by atoms with Gasteiger partial charge in [0.25, 0.3) is 0 Å². The Bertz CT molecular complexity index is 855. The normalized spacial score (nSPS) is 22.3. The van der Waals surface area contributed by atoms with E-state index in [4.69, 9.17) is 4.74 Å². The molecule has 4 atom stereocenters. The molecule has 0 radical (unpaired) electrons. The van der Waals surface area contributed by atoms with Gasteiger partial charge in [0.2, 0.25) is 0 Å². The van der Waals surface area contributed by atoms with Crippen molar-refractivity contribution in [3.8, 4) is 0 Å². The molecule has 2 amide bonds. The van der Waals surface area contributed by atoms with Crippen molar-refractivity contribution in [3.05, 3.63) is 35.4 Å². The predicted octanol–water partition coefficient (Wildman–Crippen LogP) is 3.92. The lowest BCUT2D eigenvalue weighted by Crippen LogP contribution is -2.57. The molecule has 0 spiro atoms. The molecule has 37 heavy (non-hydrogen) atoms. The van der Waals surface area contributed by atoms with Gasteiger partial charge in [0.15, 0.2) is 0 Å². The van der Waals surface area contributed by atoms with E-state index in [1.165, 1.54) is 6.42 Å². The predicted molar refractivity (Wildman–Crippen MR) is 139 cm³/mol. The second kappa shape index (κ2) is 14.4. The minimum Gasteiger partial charge on any atom is -0.391 e. The molecule has 1 aliphatic carbocycles. The Morgan fingerprint density at radius 1 is 1.19 bits per heavy atom. The molecule has 1 aliphatic heterocycles. The van der Waals surface area contributed by atoms with Gasteiger partial charge < -0.3 is 30.5 Å². The van der Waals surface area contributed by atoms with E-state index in [0.29, 0.717) is 45.4 Å². The molecule has 0 bridgehead atoms. The largest absolute Gasteiger partial charge is 0.391 e. The highest BCUT2D eigenvalue weighted by molar-refractivity contribution is 5.74. The molecule has 0 aromatic heterocycles. The zero-order valence-corrected chi connectivity index (χ0v) is 22.4. The van der Waals surface area contributed by atoms with Crippen LogP contribution in [0.4, 0.5) is 13.6 Å². The zero-order chi connectivity index (χ0) is 26.8. The first kappa shape index (κ1) is 29.7. The van der Waals surface area contributed by atoms with Gasteiger partial charge in [-0.2, -0.15) is 0 Å². The van der Waals surface area contributed by atoms with Crippen LogP contribution in [0.3, 0.4) is 0 Å². The molecule has 1 aromatic carbocycles. The summed E-state index contributed by atoms with van der Waals surface area (Å²) in [5.74, 6) is -1.56. The van der Waals surface area contributed by atoms with Gasteiger partial charge in [-0.3, -0.25) is 0 Å². The number of nitrogens with one attached hydrogen (secondary N) is 2. The minimum atomic E-state index is -1.62. The maximum Gasteiger partial charge on any atom is 0.317 e. The molecule has 0 unspecified atom stereocenters. The number of rotatable bonds is 12. The number of hydrogen-bond acceptors (Lipinski definition) is 5. The first-order chi connectivity index (χ1) is 17.8. The molecule has 210 valence electrons. The minimum absolute atomic E-state index is 0.0574. The van der Waals surface area contributed by atoms with Crippen molar-refractivity contribution in [2.45, 2.75) is 82.0 Å². The van der Waals surface area contributed by atoms with Crippen molar-refractivity contribution in [2.75, 3.05) is 40.4 Å². The zero-order valence-electron chi connectivity index (χ0n) is 22.4. The highest BCUT2D eigenvalue weighted by atomic mass is 19.1. The first-order valence-electron chi connectivity index (χ1n) is 13.8. The van der Waals surface area contributed by atoms with Crippen LogP contribution in [0.1, 0.15) is 69.8 Å². The highest BCUT2D eigenvalue weighted by Gasteiger charge is 2.43. The van der Waals surface area contributed by atoms with Crippen molar-refractivity contribution >= 4 is 6.03 Å². The number of aliphatic hydroxyl groups excluding tert-OH is 1. The number of amides is 2. The van der Waals surface area contributed by atoms with Gasteiger partial charge in [0, 0.05) is 44.8 Å². The van der Waals surface area contributed by atoms with E-state index in [2.05, 4.69) is 10.6 Å². The van der Waals surface area contributed by atoms with E-state index in [-0.39, 0.29) is 30.5 Å². The maximum atomic E-state index is 14.9. The number of ether oxygens (including phenoxy) is 1. The molecule has 1 aromatic rings. The maximum absolute atomic E-state index is 14.9. The molecular formula is C28H45F2N3O4. The Labute approximate surface area is 220 Å². The number of hydrogen-bond donors (Lipinski definition) is 4. The van der Waals surface area contributed by atoms with Crippen LogP contribution in [0.15, 0.2) is 18.2 Å². The van der Waals surface area contributed by atoms with Crippen LogP contribution >= 0.6 is 0 Å². The number of halogens is 2. The average Bonchev–Trinajstić information content (AvgIpc) is 2.92. The van der Waals surface area contributed by atoms with Gasteiger partial charge in [-0.1, -0.05) is 19.3 Å². The third kappa shape index (κ3) is 7.85. The third-order valence-electron chi connectivity index (χ3n) is 8.21. The molecule has 9 heteroatoms. The number of piperidine rings is 1. The van der Waals surface area contributed by atoms with Crippen LogP contribution in [-0.4, -0.2) is 73.7 Å². The summed E-state index contributed by atoms with van der Waals surface area (Å²) in [7, 11) is 3.39. The Morgan fingerprint density at radius 2 is 1.95 bits per heavy atom. The molecule has 2 fully saturated rings. The van der Waals surface area contributed by atoms with Crippen molar-refractivity contribution in [2.24, 2.45) is 11.8 Å². The van der Waals surface area contributed by atoms with E-state index >= 15 is 0 Å². The molecule has 4 N–H and O–H groups in total. The fraction of sp³-hybridized carbons (Fsp3) is 0.750. The molecule has 7 nitrogen and oxygen atoms in total. The van der Waals surface area contributed by atoms with Crippen LogP contribution in [0, 0.1) is 23.5 Å². The molecule has 3 rings (SSSR count). The molecular weight excluding hydrogens is 480 g/mol. The van der Waals surface area contributed by atoms with Gasteiger partial charge in [0.05, 0.1) is 17.7 Å². The number of likely N-dealkylation sites (tertiary alicyclic amines) is 1. The van der Waals surface area contributed by atoms with Crippen molar-refractivity contribution in [1.82, 2.24) is 15.5 Å². The summed E-state index contributed by atoms with van der Waals surface area (Å²) in [5, 5.41) is 29.0. The lowest BCUT2D eigenvalue weighted by atomic mass is 9.74. The Balaban J connectivity index is 1.75. The van der Waals surface area contributed by atoms with E-state index in [1.807, 2.05) is 0 Å². The van der Waals surface area contributed by atoms with E-state index in [9.17, 15) is 23.8 Å². The summed E-state index contributed by atoms with van der Waals surface area (Å²) in [4.78, 5) is 15.0. The molecule has 1 heterocycles. The lowest BCUT2D eigenvalue weighted by Gasteiger charge is -2.43. The summed E-state index contributed by atoms with van der Waals surface area (Å²) in [6, 6.07) is 2.43. The number of carbonyl (C=O) groups is 1. The third-order valence-corrected chi connectivity index (χ3v) is 8.21. The van der Waals surface area contributed by atoms with E-state index in [1.54, 1.807) is 19.1 Å². The summed E-state index contributed by atoms with van der Waals surface area (Å²) in [5.41, 5.74) is -1.68. The Hall–Kier alpha value is -1.81. The Morgan fingerprint density at radius 3 is 2.65 bits per heavy atom. The van der Waals surface area contributed by atoms with Crippen LogP contribution in [0.2, 0.25) is 0 Å². The second-order valence-corrected chi connectivity index (χ2v) is 10.8. The Kier molecular flexibility index (Phi) is 11.6.